The van der Waals surface area contributed by atoms with E-state index in [0.29, 0.717) is 22.3 Å². The van der Waals surface area contributed by atoms with Crippen LogP contribution in [-0.2, 0) is 11.4 Å². The molecule has 4 rings (SSSR count). The zero-order chi connectivity index (χ0) is 22.0. The van der Waals surface area contributed by atoms with E-state index < -0.39 is 16.1 Å². The van der Waals surface area contributed by atoms with Crippen LogP contribution in [0.15, 0.2) is 77.3 Å². The van der Waals surface area contributed by atoms with Crippen LogP contribution in [0.2, 0.25) is 0 Å². The van der Waals surface area contributed by atoms with Gasteiger partial charge in [-0.05, 0) is 56.7 Å². The number of aromatic nitrogens is 2. The van der Waals surface area contributed by atoms with Gasteiger partial charge in [0.05, 0.1) is 16.9 Å². The lowest BCUT2D eigenvalue weighted by atomic mass is 9.92. The van der Waals surface area contributed by atoms with Crippen LogP contribution in [0.3, 0.4) is 0 Å². The molecule has 156 valence electrons. The van der Waals surface area contributed by atoms with Crippen molar-refractivity contribution in [2.75, 3.05) is 0 Å². The number of hydrogen-bond acceptors (Lipinski definition) is 4. The Hall–Kier alpha value is -3.09. The Morgan fingerprint density at radius 3 is 2.39 bits per heavy atom. The van der Waals surface area contributed by atoms with Gasteiger partial charge in [-0.3, -0.25) is 4.98 Å². The summed E-state index contributed by atoms with van der Waals surface area (Å²) in [6.45, 7) is 5.61. The van der Waals surface area contributed by atoms with E-state index in [0.717, 1.165) is 16.7 Å². The molecule has 2 heterocycles. The Morgan fingerprint density at radius 1 is 0.968 bits per heavy atom. The molecule has 4 nitrogen and oxygen atoms in total. The zero-order valence-electron chi connectivity index (χ0n) is 17.5. The van der Waals surface area contributed by atoms with Crippen molar-refractivity contribution in [2.24, 2.45) is 4.40 Å². The van der Waals surface area contributed by atoms with Crippen molar-refractivity contribution in [3.05, 3.63) is 84.4 Å². The lowest BCUT2D eigenvalue weighted by Gasteiger charge is -2.18. The summed E-state index contributed by atoms with van der Waals surface area (Å²) in [6, 6.07) is 19.9. The fourth-order valence-corrected chi connectivity index (χ4v) is 3.79. The van der Waals surface area contributed by atoms with Crippen LogP contribution in [0.25, 0.3) is 33.3 Å². The van der Waals surface area contributed by atoms with Crippen LogP contribution in [0.5, 0.6) is 0 Å². The van der Waals surface area contributed by atoms with Crippen molar-refractivity contribution in [3.63, 3.8) is 0 Å². The van der Waals surface area contributed by atoms with Crippen molar-refractivity contribution in [2.45, 2.75) is 25.5 Å². The summed E-state index contributed by atoms with van der Waals surface area (Å²) in [6.07, 6.45) is 3.26. The SMILES string of the molecule is CC(C)(C)[S@+]([O-])/N=C/c1nc2ccc(F)cc2c(-c2ccccn2)c1-c1ccccc1. The predicted molar refractivity (Wildman–Crippen MR) is 126 cm³/mol. The van der Waals surface area contributed by atoms with Crippen LogP contribution >= 0.6 is 0 Å². The number of pyridine rings is 2. The van der Waals surface area contributed by atoms with E-state index >= 15 is 0 Å². The number of rotatable bonds is 4. The molecule has 0 aliphatic rings. The van der Waals surface area contributed by atoms with Gasteiger partial charge in [0.2, 0.25) is 0 Å². The average Bonchev–Trinajstić information content (AvgIpc) is 2.77. The molecule has 1 atom stereocenters. The van der Waals surface area contributed by atoms with Gasteiger partial charge in [0.15, 0.2) is 0 Å². The first kappa shape index (κ1) is 21.2. The van der Waals surface area contributed by atoms with Crippen LogP contribution < -0.4 is 0 Å². The highest BCUT2D eigenvalue weighted by Crippen LogP contribution is 2.38. The fraction of sp³-hybridized carbons (Fsp3) is 0.160. The molecule has 0 aliphatic heterocycles. The predicted octanol–water partition coefficient (Wildman–Crippen LogP) is 5.98. The summed E-state index contributed by atoms with van der Waals surface area (Å²) < 4.78 is 30.6. The molecule has 0 amide bonds. The molecule has 4 aromatic rings. The van der Waals surface area contributed by atoms with Crippen molar-refractivity contribution in [1.82, 2.24) is 9.97 Å². The van der Waals surface area contributed by atoms with Crippen molar-refractivity contribution < 1.29 is 8.94 Å². The molecule has 6 heteroatoms. The molecule has 2 aromatic heterocycles. The van der Waals surface area contributed by atoms with E-state index in [9.17, 15) is 8.94 Å². The monoisotopic (exact) mass is 431 g/mol. The molecule has 0 unspecified atom stereocenters. The number of benzene rings is 2. The van der Waals surface area contributed by atoms with Crippen LogP contribution in [0, 0.1) is 5.82 Å². The van der Waals surface area contributed by atoms with Gasteiger partial charge in [-0.2, -0.15) is 0 Å². The van der Waals surface area contributed by atoms with E-state index in [2.05, 4.69) is 9.38 Å². The van der Waals surface area contributed by atoms with Gasteiger partial charge in [-0.1, -0.05) is 40.8 Å². The Morgan fingerprint density at radius 2 is 1.71 bits per heavy atom. The fourth-order valence-electron chi connectivity index (χ4n) is 3.28. The van der Waals surface area contributed by atoms with E-state index in [4.69, 9.17) is 4.98 Å². The summed E-state index contributed by atoms with van der Waals surface area (Å²) in [4.78, 5) is 9.29. The van der Waals surface area contributed by atoms with Gasteiger partial charge in [0.1, 0.15) is 28.1 Å². The summed E-state index contributed by atoms with van der Waals surface area (Å²) in [5, 5.41) is 0.659. The third kappa shape index (κ3) is 4.50. The quantitative estimate of drug-likeness (QED) is 0.295. The summed E-state index contributed by atoms with van der Waals surface area (Å²) >= 11 is -1.44. The van der Waals surface area contributed by atoms with Gasteiger partial charge in [-0.25, -0.2) is 9.37 Å². The second-order valence-corrected chi connectivity index (χ2v) is 10.0. The van der Waals surface area contributed by atoms with Gasteiger partial charge in [0.25, 0.3) is 0 Å². The number of fused-ring (bicyclic) bond motifs is 1. The molecule has 0 radical (unpaired) electrons. The lowest BCUT2D eigenvalue weighted by molar-refractivity contribution is 0.562. The maximum absolute atomic E-state index is 14.2. The molecular weight excluding hydrogens is 409 g/mol. The van der Waals surface area contributed by atoms with Crippen LogP contribution in [-0.4, -0.2) is 25.5 Å². The van der Waals surface area contributed by atoms with Gasteiger partial charge in [-0.15, -0.1) is 0 Å². The van der Waals surface area contributed by atoms with E-state index in [1.54, 1.807) is 18.5 Å². The van der Waals surface area contributed by atoms with Crippen molar-refractivity contribution in [3.8, 4) is 22.4 Å². The normalized spacial score (nSPS) is 13.1. The Bertz CT molecular complexity index is 1240. The molecular formula is C25H22FN3OS. The first-order chi connectivity index (χ1) is 14.8. The number of nitrogens with zero attached hydrogens (tertiary/aromatic N) is 3. The minimum absolute atomic E-state index is 0.347. The zero-order valence-corrected chi connectivity index (χ0v) is 18.4. The van der Waals surface area contributed by atoms with E-state index in [1.807, 2.05) is 69.3 Å². The minimum atomic E-state index is -1.44. The Kier molecular flexibility index (Phi) is 5.85. The summed E-state index contributed by atoms with van der Waals surface area (Å²) in [5.74, 6) is -0.347. The average molecular weight is 432 g/mol. The summed E-state index contributed by atoms with van der Waals surface area (Å²) in [5.41, 5.74) is 4.30. The Labute approximate surface area is 184 Å². The van der Waals surface area contributed by atoms with Gasteiger partial charge in [0, 0.05) is 22.7 Å². The molecule has 0 aliphatic carbocycles. The second-order valence-electron chi connectivity index (χ2n) is 8.09. The molecule has 0 N–H and O–H groups in total. The topological polar surface area (TPSA) is 61.2 Å². The van der Waals surface area contributed by atoms with E-state index in [-0.39, 0.29) is 5.82 Å². The Balaban J connectivity index is 2.08. The highest BCUT2D eigenvalue weighted by atomic mass is 32.2. The molecule has 2 aromatic carbocycles. The molecule has 0 spiro atoms. The maximum Gasteiger partial charge on any atom is 0.144 e. The van der Waals surface area contributed by atoms with Crippen LogP contribution in [0.1, 0.15) is 26.5 Å². The van der Waals surface area contributed by atoms with E-state index in [1.165, 1.54) is 12.1 Å². The molecule has 0 saturated carbocycles. The smallest absolute Gasteiger partial charge is 0.144 e. The largest absolute Gasteiger partial charge is 0.591 e. The summed E-state index contributed by atoms with van der Waals surface area (Å²) in [7, 11) is 0. The van der Waals surface area contributed by atoms with Gasteiger partial charge >= 0.3 is 0 Å². The number of hydrogen-bond donors (Lipinski definition) is 0. The third-order valence-electron chi connectivity index (χ3n) is 4.75. The first-order valence-corrected chi connectivity index (χ1v) is 11.0. The third-order valence-corrected chi connectivity index (χ3v) is 6.10. The van der Waals surface area contributed by atoms with Gasteiger partial charge < -0.3 is 4.55 Å². The molecule has 0 bridgehead atoms. The first-order valence-electron chi connectivity index (χ1n) is 9.91. The lowest BCUT2D eigenvalue weighted by Crippen LogP contribution is -2.25. The molecule has 0 fully saturated rings. The molecule has 0 saturated heterocycles. The molecule has 31 heavy (non-hydrogen) atoms. The highest BCUT2D eigenvalue weighted by Gasteiger charge is 2.26. The van der Waals surface area contributed by atoms with Crippen molar-refractivity contribution in [1.29, 1.82) is 0 Å². The minimum Gasteiger partial charge on any atom is -0.591 e. The second kappa shape index (κ2) is 8.57. The maximum atomic E-state index is 14.2. The van der Waals surface area contributed by atoms with Crippen LogP contribution in [0.4, 0.5) is 4.39 Å². The van der Waals surface area contributed by atoms with Crippen molar-refractivity contribution >= 4 is 28.5 Å². The standard InChI is InChI=1S/C25H22FN3OS/c1-25(2,3)31(30)28-16-22-23(17-9-5-4-6-10-17)24(21-11-7-8-14-27-21)19-15-18(26)12-13-20(19)29-22/h4-16H,1-3H3/b28-16+/t31-/m0/s1. The number of halogens is 1. The highest BCUT2D eigenvalue weighted by molar-refractivity contribution is 7.91.